The Morgan fingerprint density at radius 2 is 2.55 bits per heavy atom. The predicted octanol–water partition coefficient (Wildman–Crippen LogP) is -0.443. The molecule has 1 saturated carbocycles. The number of nitrogens with zero attached hydrogens (tertiary/aromatic N) is 1. The van der Waals surface area contributed by atoms with Gasteiger partial charge in [0.05, 0.1) is 5.54 Å². The van der Waals surface area contributed by atoms with Gasteiger partial charge in [0.25, 0.3) is 0 Å². The van der Waals surface area contributed by atoms with E-state index in [9.17, 15) is 4.79 Å². The molecule has 0 radical (unpaired) electrons. The van der Waals surface area contributed by atoms with Gasteiger partial charge in [-0.05, 0) is 12.3 Å². The van der Waals surface area contributed by atoms with Crippen molar-refractivity contribution in [2.45, 2.75) is 18.9 Å². The molecule has 0 saturated heterocycles. The van der Waals surface area contributed by atoms with E-state index in [-0.39, 0.29) is 0 Å². The van der Waals surface area contributed by atoms with Gasteiger partial charge in [0.2, 0.25) is 0 Å². The minimum Gasteiger partial charge on any atom is -0.318 e. The van der Waals surface area contributed by atoms with E-state index in [0.717, 1.165) is 6.42 Å². The Balaban J connectivity index is 2.38. The Hall–Kier alpha value is -1.10. The van der Waals surface area contributed by atoms with E-state index in [0.29, 0.717) is 11.7 Å². The molecule has 1 aromatic heterocycles. The first-order valence-corrected chi connectivity index (χ1v) is 3.48. The summed E-state index contributed by atoms with van der Waals surface area (Å²) in [6.45, 7) is 2.01. The summed E-state index contributed by atoms with van der Waals surface area (Å²) in [6.07, 6.45) is 0.857. The SMILES string of the molecule is C[C@H]1C[C@@]1(N)c1noc(=O)[nH]1. The van der Waals surface area contributed by atoms with Gasteiger partial charge in [-0.2, -0.15) is 0 Å². The van der Waals surface area contributed by atoms with Crippen molar-refractivity contribution in [3.8, 4) is 0 Å². The molecule has 2 atom stereocenters. The number of nitrogens with one attached hydrogen (secondary N) is 1. The lowest BCUT2D eigenvalue weighted by Crippen LogP contribution is -2.23. The van der Waals surface area contributed by atoms with E-state index < -0.39 is 11.3 Å². The first kappa shape index (κ1) is 6.60. The highest BCUT2D eigenvalue weighted by Crippen LogP contribution is 2.47. The van der Waals surface area contributed by atoms with Gasteiger partial charge in [0.15, 0.2) is 5.82 Å². The quantitative estimate of drug-likeness (QED) is 0.575. The van der Waals surface area contributed by atoms with E-state index in [1.165, 1.54) is 0 Å². The monoisotopic (exact) mass is 155 g/mol. The summed E-state index contributed by atoms with van der Waals surface area (Å²) >= 11 is 0. The van der Waals surface area contributed by atoms with Crippen LogP contribution in [0.5, 0.6) is 0 Å². The highest BCUT2D eigenvalue weighted by atomic mass is 16.5. The molecule has 0 amide bonds. The molecule has 1 aliphatic carbocycles. The topological polar surface area (TPSA) is 84.9 Å². The van der Waals surface area contributed by atoms with Crippen LogP contribution in [-0.2, 0) is 5.54 Å². The van der Waals surface area contributed by atoms with Crippen LogP contribution in [0.4, 0.5) is 0 Å². The minimum absolute atomic E-state index is 0.378. The third-order valence-electron chi connectivity index (χ3n) is 2.24. The fourth-order valence-corrected chi connectivity index (χ4v) is 1.21. The second-order valence-corrected chi connectivity index (χ2v) is 3.09. The predicted molar refractivity (Wildman–Crippen MR) is 36.8 cm³/mol. The molecule has 60 valence electrons. The van der Waals surface area contributed by atoms with Crippen LogP contribution < -0.4 is 11.5 Å². The Kier molecular flexibility index (Phi) is 1.04. The Bertz CT molecular complexity index is 329. The Morgan fingerprint density at radius 3 is 2.91 bits per heavy atom. The first-order chi connectivity index (χ1) is 5.13. The first-order valence-electron chi connectivity index (χ1n) is 3.48. The van der Waals surface area contributed by atoms with Gasteiger partial charge in [0.1, 0.15) is 0 Å². The van der Waals surface area contributed by atoms with Gasteiger partial charge in [-0.3, -0.25) is 9.51 Å². The maximum absolute atomic E-state index is 10.5. The molecule has 2 rings (SSSR count). The number of hydrogen-bond donors (Lipinski definition) is 2. The molecule has 0 aliphatic heterocycles. The van der Waals surface area contributed by atoms with Crippen LogP contribution in [0.3, 0.4) is 0 Å². The van der Waals surface area contributed by atoms with Crippen molar-refractivity contribution in [1.29, 1.82) is 0 Å². The fourth-order valence-electron chi connectivity index (χ4n) is 1.21. The van der Waals surface area contributed by atoms with Crippen molar-refractivity contribution in [3.05, 3.63) is 16.4 Å². The molecule has 1 aliphatic rings. The van der Waals surface area contributed by atoms with Gasteiger partial charge in [-0.25, -0.2) is 4.79 Å². The average Bonchev–Trinajstić information content (AvgIpc) is 2.44. The molecule has 0 aromatic carbocycles. The molecule has 3 N–H and O–H groups in total. The van der Waals surface area contributed by atoms with Crippen molar-refractivity contribution in [3.63, 3.8) is 0 Å². The van der Waals surface area contributed by atoms with Crippen LogP contribution in [0.15, 0.2) is 9.32 Å². The van der Waals surface area contributed by atoms with Crippen molar-refractivity contribution in [2.24, 2.45) is 11.7 Å². The second kappa shape index (κ2) is 1.73. The third-order valence-corrected chi connectivity index (χ3v) is 2.24. The lowest BCUT2D eigenvalue weighted by Gasteiger charge is -2.01. The molecule has 5 nitrogen and oxygen atoms in total. The van der Waals surface area contributed by atoms with E-state index in [1.54, 1.807) is 0 Å². The van der Waals surface area contributed by atoms with Crippen LogP contribution in [-0.4, -0.2) is 10.1 Å². The smallest absolute Gasteiger partial charge is 0.318 e. The van der Waals surface area contributed by atoms with Crippen molar-refractivity contribution in [1.82, 2.24) is 10.1 Å². The number of rotatable bonds is 1. The van der Waals surface area contributed by atoms with Gasteiger partial charge in [0, 0.05) is 0 Å². The van der Waals surface area contributed by atoms with E-state index in [1.807, 2.05) is 6.92 Å². The number of aromatic nitrogens is 2. The normalized spacial score (nSPS) is 35.6. The van der Waals surface area contributed by atoms with Crippen LogP contribution >= 0.6 is 0 Å². The number of aromatic amines is 1. The van der Waals surface area contributed by atoms with Crippen LogP contribution in [0.2, 0.25) is 0 Å². The summed E-state index contributed by atoms with van der Waals surface area (Å²) in [5, 5.41) is 3.53. The number of nitrogens with two attached hydrogens (primary N) is 1. The molecule has 0 bridgehead atoms. The average molecular weight is 155 g/mol. The summed E-state index contributed by atoms with van der Waals surface area (Å²) in [7, 11) is 0. The summed E-state index contributed by atoms with van der Waals surface area (Å²) in [5.74, 6) is 0.308. The molecule has 1 aromatic rings. The largest absolute Gasteiger partial charge is 0.438 e. The Morgan fingerprint density at radius 1 is 1.91 bits per heavy atom. The summed E-state index contributed by atoms with van der Waals surface area (Å²) in [6, 6.07) is 0. The third kappa shape index (κ3) is 0.808. The number of H-pyrrole nitrogens is 1. The summed E-state index contributed by atoms with van der Waals surface area (Å²) < 4.78 is 4.34. The van der Waals surface area contributed by atoms with Crippen molar-refractivity contribution < 1.29 is 4.52 Å². The lowest BCUT2D eigenvalue weighted by atomic mass is 10.2. The van der Waals surface area contributed by atoms with Gasteiger partial charge in [-0.15, -0.1) is 0 Å². The minimum atomic E-state index is -0.538. The fraction of sp³-hybridized carbons (Fsp3) is 0.667. The molecule has 11 heavy (non-hydrogen) atoms. The summed E-state index contributed by atoms with van der Waals surface area (Å²) in [4.78, 5) is 13.0. The highest BCUT2D eigenvalue weighted by molar-refractivity contribution is 5.16. The Labute approximate surface area is 62.6 Å². The molecular weight excluding hydrogens is 146 g/mol. The zero-order valence-corrected chi connectivity index (χ0v) is 6.13. The van der Waals surface area contributed by atoms with Crippen molar-refractivity contribution in [2.75, 3.05) is 0 Å². The highest BCUT2D eigenvalue weighted by Gasteiger charge is 2.52. The zero-order valence-electron chi connectivity index (χ0n) is 6.13. The van der Waals surface area contributed by atoms with E-state index >= 15 is 0 Å². The maximum atomic E-state index is 10.5. The molecule has 0 spiro atoms. The summed E-state index contributed by atoms with van der Waals surface area (Å²) in [5.41, 5.74) is 5.39. The number of hydrogen-bond acceptors (Lipinski definition) is 4. The van der Waals surface area contributed by atoms with Gasteiger partial charge < -0.3 is 5.73 Å². The van der Waals surface area contributed by atoms with Crippen molar-refractivity contribution >= 4 is 0 Å². The molecule has 1 heterocycles. The molecule has 1 fully saturated rings. The molecule has 5 heteroatoms. The zero-order chi connectivity index (χ0) is 8.06. The van der Waals surface area contributed by atoms with Gasteiger partial charge >= 0.3 is 5.76 Å². The lowest BCUT2D eigenvalue weighted by molar-refractivity contribution is 0.374. The van der Waals surface area contributed by atoms with Crippen LogP contribution in [0, 0.1) is 5.92 Å². The molecule has 0 unspecified atom stereocenters. The van der Waals surface area contributed by atoms with E-state index in [4.69, 9.17) is 5.73 Å². The second-order valence-electron chi connectivity index (χ2n) is 3.09. The van der Waals surface area contributed by atoms with Crippen LogP contribution in [0.1, 0.15) is 19.2 Å². The van der Waals surface area contributed by atoms with Gasteiger partial charge in [-0.1, -0.05) is 12.1 Å². The van der Waals surface area contributed by atoms with Crippen LogP contribution in [0.25, 0.3) is 0 Å². The maximum Gasteiger partial charge on any atom is 0.438 e. The molecular formula is C6H9N3O2. The standard InChI is InChI=1S/C6H9N3O2/c1-3-2-6(3,7)4-8-5(10)11-9-4/h3H,2,7H2,1H3,(H,8,9,10)/t3-,6-/m0/s1. The van der Waals surface area contributed by atoms with E-state index in [2.05, 4.69) is 14.7 Å².